The maximum atomic E-state index is 12.5. The zero-order chi connectivity index (χ0) is 25.9. The molecule has 0 aromatic heterocycles. The summed E-state index contributed by atoms with van der Waals surface area (Å²) in [4.78, 5) is 38.2. The smallest absolute Gasteiger partial charge is 0.411 e. The Morgan fingerprint density at radius 1 is 1.08 bits per heavy atom. The lowest BCUT2D eigenvalue weighted by atomic mass is 9.98. The first-order valence-electron chi connectivity index (χ1n) is 12.1. The van der Waals surface area contributed by atoms with Gasteiger partial charge >= 0.3 is 18.2 Å². The second-order valence-corrected chi connectivity index (χ2v) is 11.3. The molecule has 192 valence electrons. The molecule has 1 unspecified atom stereocenters. The fourth-order valence-corrected chi connectivity index (χ4v) is 5.76. The molecule has 1 heterocycles. The summed E-state index contributed by atoms with van der Waals surface area (Å²) in [5, 5.41) is 12.2. The highest BCUT2D eigenvalue weighted by atomic mass is 32.2. The minimum absolute atomic E-state index is 0.0729. The second kappa shape index (κ2) is 10.8. The SMILES string of the molecule is CC(C)(C)OC(=O)N1CSC(CC[C@H](NC(=O)OCC2c3ccccc3-c3ccccc32)C(=O)O)C1. The Hall–Kier alpha value is -3.20. The normalized spacial score (nSPS) is 17.8. The first-order valence-corrected chi connectivity index (χ1v) is 13.1. The van der Waals surface area contributed by atoms with Crippen LogP contribution >= 0.6 is 11.8 Å². The van der Waals surface area contributed by atoms with E-state index in [0.29, 0.717) is 18.8 Å². The van der Waals surface area contributed by atoms with E-state index in [-0.39, 0.29) is 30.3 Å². The van der Waals surface area contributed by atoms with Gasteiger partial charge in [-0.3, -0.25) is 4.90 Å². The number of carbonyl (C=O) groups is 3. The van der Waals surface area contributed by atoms with E-state index >= 15 is 0 Å². The van der Waals surface area contributed by atoms with E-state index in [1.807, 2.05) is 57.2 Å². The van der Waals surface area contributed by atoms with Crippen LogP contribution in [0, 0.1) is 0 Å². The van der Waals surface area contributed by atoms with Crippen LogP contribution in [0.4, 0.5) is 9.59 Å². The Kier molecular flexibility index (Phi) is 7.78. The van der Waals surface area contributed by atoms with Crippen molar-refractivity contribution in [2.45, 2.75) is 56.4 Å². The maximum Gasteiger partial charge on any atom is 0.411 e. The molecule has 0 saturated carbocycles. The minimum atomic E-state index is -1.12. The molecule has 9 heteroatoms. The molecular formula is C27H32N2O6S. The minimum Gasteiger partial charge on any atom is -0.480 e. The van der Waals surface area contributed by atoms with Gasteiger partial charge < -0.3 is 19.9 Å². The van der Waals surface area contributed by atoms with Gasteiger partial charge in [0.25, 0.3) is 0 Å². The fourth-order valence-electron chi connectivity index (χ4n) is 4.57. The molecule has 2 atom stereocenters. The zero-order valence-corrected chi connectivity index (χ0v) is 21.5. The van der Waals surface area contributed by atoms with Crippen molar-refractivity contribution >= 4 is 29.9 Å². The molecular weight excluding hydrogens is 480 g/mol. The van der Waals surface area contributed by atoms with Gasteiger partial charge in [-0.25, -0.2) is 14.4 Å². The van der Waals surface area contributed by atoms with Crippen LogP contribution in [0.5, 0.6) is 0 Å². The zero-order valence-electron chi connectivity index (χ0n) is 20.7. The molecule has 2 aliphatic rings. The van der Waals surface area contributed by atoms with Crippen molar-refractivity contribution in [3.8, 4) is 11.1 Å². The van der Waals surface area contributed by atoms with Crippen LogP contribution in [0.3, 0.4) is 0 Å². The molecule has 2 N–H and O–H groups in total. The number of aliphatic carboxylic acids is 1. The van der Waals surface area contributed by atoms with E-state index in [9.17, 15) is 19.5 Å². The van der Waals surface area contributed by atoms with Gasteiger partial charge in [0.1, 0.15) is 18.2 Å². The number of carboxylic acids is 1. The largest absolute Gasteiger partial charge is 0.480 e. The first-order chi connectivity index (χ1) is 17.1. The second-order valence-electron chi connectivity index (χ2n) is 10.1. The van der Waals surface area contributed by atoms with Crippen LogP contribution in [0.2, 0.25) is 0 Å². The first kappa shape index (κ1) is 25.9. The number of hydrogen-bond acceptors (Lipinski definition) is 6. The third-order valence-corrected chi connectivity index (χ3v) is 7.57. The number of rotatable bonds is 7. The van der Waals surface area contributed by atoms with Crippen molar-refractivity contribution in [2.24, 2.45) is 0 Å². The van der Waals surface area contributed by atoms with Crippen LogP contribution in [0.25, 0.3) is 11.1 Å². The number of carboxylic acid groups (broad SMARTS) is 1. The van der Waals surface area contributed by atoms with Crippen molar-refractivity contribution in [2.75, 3.05) is 19.0 Å². The van der Waals surface area contributed by atoms with Crippen LogP contribution in [-0.2, 0) is 14.3 Å². The van der Waals surface area contributed by atoms with E-state index in [1.165, 1.54) is 0 Å². The van der Waals surface area contributed by atoms with E-state index in [4.69, 9.17) is 9.47 Å². The average Bonchev–Trinajstić information content (AvgIpc) is 3.42. The molecule has 2 aromatic rings. The summed E-state index contributed by atoms with van der Waals surface area (Å²) in [7, 11) is 0. The predicted molar refractivity (Wildman–Crippen MR) is 138 cm³/mol. The quantitative estimate of drug-likeness (QED) is 0.534. The summed E-state index contributed by atoms with van der Waals surface area (Å²) in [6, 6.07) is 15.0. The van der Waals surface area contributed by atoms with Crippen molar-refractivity contribution in [1.82, 2.24) is 10.2 Å². The van der Waals surface area contributed by atoms with Crippen LogP contribution in [0.15, 0.2) is 48.5 Å². The van der Waals surface area contributed by atoms with Crippen LogP contribution in [-0.4, -0.2) is 64.1 Å². The van der Waals surface area contributed by atoms with Gasteiger partial charge in [-0.1, -0.05) is 48.5 Å². The van der Waals surface area contributed by atoms with Crippen molar-refractivity contribution in [3.05, 3.63) is 59.7 Å². The molecule has 1 aliphatic heterocycles. The molecule has 0 bridgehead atoms. The lowest BCUT2D eigenvalue weighted by Crippen LogP contribution is -2.42. The Morgan fingerprint density at radius 3 is 2.28 bits per heavy atom. The molecule has 4 rings (SSSR count). The van der Waals surface area contributed by atoms with Gasteiger partial charge in [0.2, 0.25) is 0 Å². The summed E-state index contributed by atoms with van der Waals surface area (Å²) in [5.41, 5.74) is 3.87. The molecule has 8 nitrogen and oxygen atoms in total. The van der Waals surface area contributed by atoms with E-state index in [1.54, 1.807) is 16.7 Å². The Labute approximate surface area is 215 Å². The highest BCUT2D eigenvalue weighted by Gasteiger charge is 2.32. The highest BCUT2D eigenvalue weighted by Crippen LogP contribution is 2.44. The molecule has 36 heavy (non-hydrogen) atoms. The van der Waals surface area contributed by atoms with Gasteiger partial charge in [0, 0.05) is 17.7 Å². The fraction of sp³-hybridized carbons (Fsp3) is 0.444. The average molecular weight is 513 g/mol. The Bertz CT molecular complexity index is 1090. The number of ether oxygens (including phenoxy) is 2. The lowest BCUT2D eigenvalue weighted by molar-refractivity contribution is -0.139. The number of thioether (sulfide) groups is 1. The van der Waals surface area contributed by atoms with E-state index in [0.717, 1.165) is 22.3 Å². The molecule has 1 aliphatic carbocycles. The summed E-state index contributed by atoms with van der Waals surface area (Å²) in [5.74, 6) is -0.715. The van der Waals surface area contributed by atoms with E-state index in [2.05, 4.69) is 17.4 Å². The number of carbonyl (C=O) groups excluding carboxylic acids is 2. The van der Waals surface area contributed by atoms with Gasteiger partial charge in [-0.15, -0.1) is 11.8 Å². The van der Waals surface area contributed by atoms with E-state index < -0.39 is 23.7 Å². The lowest BCUT2D eigenvalue weighted by Gasteiger charge is -2.24. The summed E-state index contributed by atoms with van der Waals surface area (Å²) in [6.45, 7) is 6.06. The number of alkyl carbamates (subject to hydrolysis) is 1. The Morgan fingerprint density at radius 2 is 1.69 bits per heavy atom. The van der Waals surface area contributed by atoms with Crippen LogP contribution < -0.4 is 5.32 Å². The van der Waals surface area contributed by atoms with Gasteiger partial charge in [0.15, 0.2) is 0 Å². The van der Waals surface area contributed by atoms with Crippen LogP contribution in [0.1, 0.15) is 50.7 Å². The number of nitrogens with one attached hydrogen (secondary N) is 1. The number of hydrogen-bond donors (Lipinski definition) is 2. The maximum absolute atomic E-state index is 12.5. The number of fused-ring (bicyclic) bond motifs is 3. The van der Waals surface area contributed by atoms with Crippen molar-refractivity contribution < 1.29 is 29.0 Å². The number of amides is 2. The van der Waals surface area contributed by atoms with Crippen molar-refractivity contribution in [1.29, 1.82) is 0 Å². The Balaban J connectivity index is 1.28. The molecule has 0 spiro atoms. The molecule has 2 aromatic carbocycles. The molecule has 1 fully saturated rings. The number of nitrogens with zero attached hydrogens (tertiary/aromatic N) is 1. The monoisotopic (exact) mass is 512 g/mol. The summed E-state index contributed by atoms with van der Waals surface area (Å²) >= 11 is 1.58. The molecule has 1 saturated heterocycles. The molecule has 0 radical (unpaired) electrons. The summed E-state index contributed by atoms with van der Waals surface area (Å²) in [6.07, 6.45) is -0.355. The predicted octanol–water partition coefficient (Wildman–Crippen LogP) is 5.07. The van der Waals surface area contributed by atoms with Gasteiger partial charge in [0.05, 0.1) is 5.88 Å². The third kappa shape index (κ3) is 6.13. The van der Waals surface area contributed by atoms with Gasteiger partial charge in [-0.05, 0) is 55.9 Å². The third-order valence-electron chi connectivity index (χ3n) is 6.25. The standard InChI is InChI=1S/C27H32N2O6S/c1-27(2,3)35-26(33)29-14-17(36-16-29)12-13-23(24(30)31)28-25(32)34-15-22-20-10-6-4-8-18(20)19-9-5-7-11-21(19)22/h4-11,17,22-23H,12-16H2,1-3H3,(H,28,32)(H,30,31)/t17?,23-/m0/s1. The van der Waals surface area contributed by atoms with Crippen molar-refractivity contribution in [3.63, 3.8) is 0 Å². The summed E-state index contributed by atoms with van der Waals surface area (Å²) < 4.78 is 10.9. The highest BCUT2D eigenvalue weighted by molar-refractivity contribution is 8.00. The number of benzene rings is 2. The van der Waals surface area contributed by atoms with Gasteiger partial charge in [-0.2, -0.15) is 0 Å². The molecule has 2 amide bonds. The topological polar surface area (TPSA) is 105 Å².